The van der Waals surface area contributed by atoms with Crippen molar-refractivity contribution in [3.8, 4) is 0 Å². The van der Waals surface area contributed by atoms with Crippen molar-refractivity contribution in [2.75, 3.05) is 32.7 Å². The summed E-state index contributed by atoms with van der Waals surface area (Å²) in [6, 6.07) is 10.0. The SMILES string of the molecule is CCN1CCN(Cc2ccccc2CNC(=O)c2coc(CN)c2)CC1.Cl.Cl.Cl. The summed E-state index contributed by atoms with van der Waals surface area (Å²) in [7, 11) is 0. The van der Waals surface area contributed by atoms with Gasteiger partial charge in [-0.2, -0.15) is 0 Å². The van der Waals surface area contributed by atoms with Crippen molar-refractivity contribution in [2.24, 2.45) is 5.73 Å². The van der Waals surface area contributed by atoms with Crippen LogP contribution in [0.3, 0.4) is 0 Å². The highest BCUT2D eigenvalue weighted by atomic mass is 35.5. The van der Waals surface area contributed by atoms with E-state index in [0.717, 1.165) is 44.8 Å². The van der Waals surface area contributed by atoms with E-state index in [1.807, 2.05) is 6.07 Å². The molecular weight excluding hydrogens is 435 g/mol. The molecule has 1 saturated heterocycles. The number of nitrogens with one attached hydrogen (secondary N) is 1. The maximum Gasteiger partial charge on any atom is 0.254 e. The lowest BCUT2D eigenvalue weighted by atomic mass is 10.1. The second-order valence-electron chi connectivity index (χ2n) is 6.67. The number of likely N-dealkylation sites (N-methyl/N-ethyl adjacent to an activating group) is 1. The van der Waals surface area contributed by atoms with Gasteiger partial charge in [-0.1, -0.05) is 31.2 Å². The highest BCUT2D eigenvalue weighted by Crippen LogP contribution is 2.14. The van der Waals surface area contributed by atoms with Gasteiger partial charge in [0.2, 0.25) is 0 Å². The Bertz CT molecular complexity index is 734. The lowest BCUT2D eigenvalue weighted by Crippen LogP contribution is -2.45. The van der Waals surface area contributed by atoms with Crippen LogP contribution in [0.2, 0.25) is 0 Å². The zero-order chi connectivity index (χ0) is 18.4. The van der Waals surface area contributed by atoms with Crippen molar-refractivity contribution in [1.29, 1.82) is 0 Å². The summed E-state index contributed by atoms with van der Waals surface area (Å²) in [5.74, 6) is 0.474. The van der Waals surface area contributed by atoms with E-state index < -0.39 is 0 Å². The van der Waals surface area contributed by atoms with Crippen LogP contribution in [-0.4, -0.2) is 48.4 Å². The first-order valence-corrected chi connectivity index (χ1v) is 9.26. The lowest BCUT2D eigenvalue weighted by Gasteiger charge is -2.34. The molecule has 1 amide bonds. The quantitative estimate of drug-likeness (QED) is 0.657. The number of carbonyl (C=O) groups is 1. The molecular formula is C20H31Cl3N4O2. The summed E-state index contributed by atoms with van der Waals surface area (Å²) >= 11 is 0. The number of hydrogen-bond acceptors (Lipinski definition) is 5. The fraction of sp³-hybridized carbons (Fsp3) is 0.450. The van der Waals surface area contributed by atoms with Crippen LogP contribution >= 0.6 is 37.2 Å². The van der Waals surface area contributed by atoms with Gasteiger partial charge in [0.15, 0.2) is 0 Å². The third kappa shape index (κ3) is 7.81. The summed E-state index contributed by atoms with van der Waals surface area (Å²) in [5, 5.41) is 2.98. The van der Waals surface area contributed by atoms with E-state index in [1.165, 1.54) is 11.8 Å². The molecule has 9 heteroatoms. The van der Waals surface area contributed by atoms with Gasteiger partial charge < -0.3 is 20.4 Å². The monoisotopic (exact) mass is 464 g/mol. The van der Waals surface area contributed by atoms with Crippen molar-refractivity contribution in [2.45, 2.75) is 26.6 Å². The first-order valence-electron chi connectivity index (χ1n) is 9.26. The highest BCUT2D eigenvalue weighted by Gasteiger charge is 2.17. The molecule has 0 saturated carbocycles. The Morgan fingerprint density at radius 2 is 1.69 bits per heavy atom. The van der Waals surface area contributed by atoms with Crippen LogP contribution in [0.5, 0.6) is 0 Å². The van der Waals surface area contributed by atoms with Gasteiger partial charge in [-0.25, -0.2) is 0 Å². The third-order valence-electron chi connectivity index (χ3n) is 4.98. The van der Waals surface area contributed by atoms with E-state index >= 15 is 0 Å². The fourth-order valence-corrected chi connectivity index (χ4v) is 3.27. The minimum Gasteiger partial charge on any atom is -0.467 e. The molecule has 3 rings (SSSR count). The number of carbonyl (C=O) groups excluding carboxylic acids is 1. The molecule has 0 spiro atoms. The molecule has 164 valence electrons. The summed E-state index contributed by atoms with van der Waals surface area (Å²) in [6.45, 7) is 9.48. The maximum absolute atomic E-state index is 12.3. The Balaban J connectivity index is 0.00000261. The molecule has 3 N–H and O–H groups in total. The van der Waals surface area contributed by atoms with Gasteiger partial charge in [-0.3, -0.25) is 9.69 Å². The van der Waals surface area contributed by atoms with E-state index in [-0.39, 0.29) is 43.1 Å². The number of hydrogen-bond donors (Lipinski definition) is 2. The largest absolute Gasteiger partial charge is 0.467 e. The number of nitrogens with two attached hydrogens (primary N) is 1. The molecule has 1 aliphatic rings. The number of piperazine rings is 1. The number of benzene rings is 1. The Morgan fingerprint density at radius 3 is 2.28 bits per heavy atom. The molecule has 1 aromatic heterocycles. The summed E-state index contributed by atoms with van der Waals surface area (Å²) < 4.78 is 5.23. The molecule has 0 aliphatic carbocycles. The molecule has 1 aromatic carbocycles. The zero-order valence-electron chi connectivity index (χ0n) is 16.6. The lowest BCUT2D eigenvalue weighted by molar-refractivity contribution is 0.0950. The minimum atomic E-state index is -0.139. The number of rotatable bonds is 7. The van der Waals surface area contributed by atoms with Gasteiger partial charge in [0.05, 0.1) is 12.1 Å². The Kier molecular flexibility index (Phi) is 13.2. The third-order valence-corrected chi connectivity index (χ3v) is 4.98. The predicted octanol–water partition coefficient (Wildman–Crippen LogP) is 3.07. The van der Waals surface area contributed by atoms with E-state index in [9.17, 15) is 4.79 Å². The number of nitrogens with zero attached hydrogens (tertiary/aromatic N) is 2. The zero-order valence-corrected chi connectivity index (χ0v) is 19.1. The Morgan fingerprint density at radius 1 is 1.07 bits per heavy atom. The molecule has 6 nitrogen and oxygen atoms in total. The first kappa shape index (κ1) is 27.7. The predicted molar refractivity (Wildman–Crippen MR) is 123 cm³/mol. The Hall–Kier alpha value is -1.28. The molecule has 0 unspecified atom stereocenters. The van der Waals surface area contributed by atoms with Crippen molar-refractivity contribution in [3.05, 3.63) is 59.0 Å². The highest BCUT2D eigenvalue weighted by molar-refractivity contribution is 5.93. The van der Waals surface area contributed by atoms with Crippen molar-refractivity contribution in [3.63, 3.8) is 0 Å². The normalized spacial score (nSPS) is 14.3. The second-order valence-corrected chi connectivity index (χ2v) is 6.67. The molecule has 1 aliphatic heterocycles. The van der Waals surface area contributed by atoms with Gasteiger partial charge in [-0.15, -0.1) is 37.2 Å². The number of amides is 1. The van der Waals surface area contributed by atoms with E-state index in [0.29, 0.717) is 24.4 Å². The van der Waals surface area contributed by atoms with Crippen LogP contribution in [0.1, 0.15) is 34.2 Å². The van der Waals surface area contributed by atoms with Crippen LogP contribution < -0.4 is 11.1 Å². The van der Waals surface area contributed by atoms with Crippen molar-refractivity contribution in [1.82, 2.24) is 15.1 Å². The van der Waals surface area contributed by atoms with E-state index in [2.05, 4.69) is 40.2 Å². The molecule has 2 aromatic rings. The summed E-state index contributed by atoms with van der Waals surface area (Å²) in [5.41, 5.74) is 8.46. The smallest absolute Gasteiger partial charge is 0.254 e. The molecule has 1 fully saturated rings. The van der Waals surface area contributed by atoms with E-state index in [1.54, 1.807) is 6.07 Å². The maximum atomic E-state index is 12.3. The van der Waals surface area contributed by atoms with E-state index in [4.69, 9.17) is 10.2 Å². The molecule has 29 heavy (non-hydrogen) atoms. The van der Waals surface area contributed by atoms with Crippen molar-refractivity contribution < 1.29 is 9.21 Å². The molecule has 0 bridgehead atoms. The van der Waals surface area contributed by atoms with Crippen LogP contribution in [0, 0.1) is 0 Å². The average Bonchev–Trinajstić information content (AvgIpc) is 3.17. The summed E-state index contributed by atoms with van der Waals surface area (Å²) in [6.07, 6.45) is 1.46. The molecule has 2 heterocycles. The standard InChI is InChI=1S/C20H28N4O2.3ClH/c1-2-23-7-9-24(10-8-23)14-17-6-4-3-5-16(17)13-22-20(25)18-11-19(12-21)26-15-18;;;/h3-6,11,15H,2,7-10,12-14,21H2,1H3,(H,22,25);3*1H. The molecule has 0 radical (unpaired) electrons. The van der Waals surface area contributed by atoms with Gasteiger partial charge in [0.1, 0.15) is 12.0 Å². The van der Waals surface area contributed by atoms with Crippen molar-refractivity contribution >= 4 is 43.1 Å². The Labute approximate surface area is 191 Å². The van der Waals surface area contributed by atoms with Gasteiger partial charge >= 0.3 is 0 Å². The number of halogens is 3. The van der Waals surface area contributed by atoms with Crippen LogP contribution in [0.15, 0.2) is 41.0 Å². The second kappa shape index (κ2) is 13.9. The van der Waals surface area contributed by atoms with Crippen LogP contribution in [-0.2, 0) is 19.6 Å². The van der Waals surface area contributed by atoms with Crippen LogP contribution in [0.4, 0.5) is 0 Å². The van der Waals surface area contributed by atoms with Gasteiger partial charge in [0, 0.05) is 39.3 Å². The number of furan rings is 1. The van der Waals surface area contributed by atoms with Crippen LogP contribution in [0.25, 0.3) is 0 Å². The molecule has 0 atom stereocenters. The minimum absolute atomic E-state index is 0. The first-order chi connectivity index (χ1) is 12.7. The summed E-state index contributed by atoms with van der Waals surface area (Å²) in [4.78, 5) is 17.2. The fourth-order valence-electron chi connectivity index (χ4n) is 3.27. The van der Waals surface area contributed by atoms with Gasteiger partial charge in [-0.05, 0) is 23.7 Å². The van der Waals surface area contributed by atoms with Gasteiger partial charge in [0.25, 0.3) is 5.91 Å². The average molecular weight is 466 g/mol. The topological polar surface area (TPSA) is 74.7 Å².